The average Bonchev–Trinajstić information content (AvgIpc) is 2.62. The number of nitrogens with zero attached hydrogens (tertiary/aromatic N) is 1. The van der Waals surface area contributed by atoms with Crippen LogP contribution in [0, 0.1) is 6.92 Å². The van der Waals surface area contributed by atoms with Gasteiger partial charge in [-0.05, 0) is 41.5 Å². The van der Waals surface area contributed by atoms with Crippen LogP contribution in [0.5, 0.6) is 0 Å². The van der Waals surface area contributed by atoms with Crippen molar-refractivity contribution in [2.24, 2.45) is 0 Å². The molecule has 6 nitrogen and oxygen atoms in total. The first-order chi connectivity index (χ1) is 12.4. The number of aryl methyl sites for hydroxylation is 1. The summed E-state index contributed by atoms with van der Waals surface area (Å²) in [5.74, 6) is -1.74. The number of benzene rings is 2. The van der Waals surface area contributed by atoms with E-state index in [4.69, 9.17) is 0 Å². The summed E-state index contributed by atoms with van der Waals surface area (Å²) in [6, 6.07) is 13.9. The van der Waals surface area contributed by atoms with E-state index in [0.717, 1.165) is 16.3 Å². The van der Waals surface area contributed by atoms with Gasteiger partial charge >= 0.3 is 5.97 Å². The van der Waals surface area contributed by atoms with Crippen LogP contribution in [0.1, 0.15) is 26.4 Å². The maximum absolute atomic E-state index is 12.7. The summed E-state index contributed by atoms with van der Waals surface area (Å²) < 4.78 is 11.5. The Morgan fingerprint density at radius 2 is 1.73 bits per heavy atom. The molecule has 7 heteroatoms. The van der Waals surface area contributed by atoms with E-state index in [1.165, 1.54) is 18.4 Å². The molecule has 1 unspecified atom stereocenters. The molecule has 26 heavy (non-hydrogen) atoms. The highest BCUT2D eigenvalue weighted by atomic mass is 32.2. The first kappa shape index (κ1) is 17.8. The second-order valence-electron chi connectivity index (χ2n) is 5.73. The number of rotatable bonds is 4. The van der Waals surface area contributed by atoms with E-state index in [2.05, 4.69) is 10.3 Å². The largest absolute Gasteiger partial charge is 0.476 e. The SMILES string of the molecule is Cc1ccc(C(=O)Nc2ccc(S(C)=O)nc2C(=O)O)c2ccccc12. The molecule has 3 aromatic rings. The van der Waals surface area contributed by atoms with Crippen LogP contribution in [0.3, 0.4) is 0 Å². The van der Waals surface area contributed by atoms with Gasteiger partial charge in [0.2, 0.25) is 0 Å². The smallest absolute Gasteiger partial charge is 0.356 e. The highest BCUT2D eigenvalue weighted by Crippen LogP contribution is 2.24. The van der Waals surface area contributed by atoms with Gasteiger partial charge in [0.1, 0.15) is 5.03 Å². The Bertz CT molecular complexity index is 1060. The highest BCUT2D eigenvalue weighted by molar-refractivity contribution is 7.84. The Morgan fingerprint density at radius 3 is 2.38 bits per heavy atom. The summed E-state index contributed by atoms with van der Waals surface area (Å²) in [6.45, 7) is 1.96. The molecular formula is C19H16N2O4S. The van der Waals surface area contributed by atoms with Gasteiger partial charge in [-0.3, -0.25) is 9.00 Å². The van der Waals surface area contributed by atoms with Crippen molar-refractivity contribution < 1.29 is 18.9 Å². The van der Waals surface area contributed by atoms with Crippen molar-refractivity contribution in [2.45, 2.75) is 11.9 Å². The third-order valence-electron chi connectivity index (χ3n) is 4.00. The fraction of sp³-hybridized carbons (Fsp3) is 0.105. The van der Waals surface area contributed by atoms with Gasteiger partial charge in [0.05, 0.1) is 16.5 Å². The number of aromatic nitrogens is 1. The lowest BCUT2D eigenvalue weighted by Crippen LogP contribution is -2.17. The standard InChI is InChI=1S/C19H16N2O4S/c1-11-7-8-14(13-6-4-3-5-12(11)13)18(22)20-15-9-10-16(26(2)25)21-17(15)19(23)24/h3-10H,1-2H3,(H,20,22)(H,23,24). The summed E-state index contributed by atoms with van der Waals surface area (Å²) in [4.78, 5) is 28.1. The van der Waals surface area contributed by atoms with Gasteiger partial charge in [0, 0.05) is 11.8 Å². The molecule has 0 saturated carbocycles. The van der Waals surface area contributed by atoms with Gasteiger partial charge in [-0.1, -0.05) is 30.3 Å². The second-order valence-corrected chi connectivity index (χ2v) is 7.06. The van der Waals surface area contributed by atoms with Crippen LogP contribution in [0.15, 0.2) is 53.6 Å². The van der Waals surface area contributed by atoms with Crippen molar-refractivity contribution in [3.63, 3.8) is 0 Å². The maximum Gasteiger partial charge on any atom is 0.356 e. The van der Waals surface area contributed by atoms with Gasteiger partial charge in [0.25, 0.3) is 5.91 Å². The Balaban J connectivity index is 2.03. The zero-order valence-corrected chi connectivity index (χ0v) is 15.0. The van der Waals surface area contributed by atoms with Crippen molar-refractivity contribution in [3.05, 3.63) is 65.4 Å². The van der Waals surface area contributed by atoms with E-state index in [9.17, 15) is 18.9 Å². The van der Waals surface area contributed by atoms with Crippen molar-refractivity contribution in [1.82, 2.24) is 4.98 Å². The molecule has 1 aromatic heterocycles. The minimum absolute atomic E-state index is 0.0568. The Morgan fingerprint density at radius 1 is 1.04 bits per heavy atom. The maximum atomic E-state index is 12.7. The van der Waals surface area contributed by atoms with Gasteiger partial charge in [0.15, 0.2) is 5.69 Å². The molecule has 0 aliphatic heterocycles. The number of carboxylic acids is 1. The third kappa shape index (κ3) is 3.34. The fourth-order valence-corrected chi connectivity index (χ4v) is 3.18. The minimum Gasteiger partial charge on any atom is -0.476 e. The van der Waals surface area contributed by atoms with Crippen LogP contribution in [-0.4, -0.2) is 32.4 Å². The number of amides is 1. The van der Waals surface area contributed by atoms with Crippen molar-refractivity contribution >= 4 is 39.1 Å². The predicted molar refractivity (Wildman–Crippen MR) is 100 cm³/mol. The third-order valence-corrected chi connectivity index (χ3v) is 4.82. The fourth-order valence-electron chi connectivity index (χ4n) is 2.70. The van der Waals surface area contributed by atoms with Crippen molar-refractivity contribution in [2.75, 3.05) is 11.6 Å². The number of pyridine rings is 1. The molecule has 1 atom stereocenters. The topological polar surface area (TPSA) is 96.4 Å². The molecule has 132 valence electrons. The van der Waals surface area contributed by atoms with E-state index in [0.29, 0.717) is 5.56 Å². The van der Waals surface area contributed by atoms with Crippen LogP contribution in [0.2, 0.25) is 0 Å². The van der Waals surface area contributed by atoms with Gasteiger partial charge in [-0.2, -0.15) is 0 Å². The summed E-state index contributed by atoms with van der Waals surface area (Å²) >= 11 is 0. The first-order valence-electron chi connectivity index (χ1n) is 7.76. The average molecular weight is 368 g/mol. The molecule has 0 bridgehead atoms. The van der Waals surface area contributed by atoms with E-state index in [1.54, 1.807) is 6.07 Å². The van der Waals surface area contributed by atoms with Gasteiger partial charge in [-0.15, -0.1) is 0 Å². The van der Waals surface area contributed by atoms with Gasteiger partial charge in [-0.25, -0.2) is 9.78 Å². The van der Waals surface area contributed by atoms with Crippen molar-refractivity contribution in [3.8, 4) is 0 Å². The van der Waals surface area contributed by atoms with Crippen LogP contribution in [0.4, 0.5) is 5.69 Å². The number of fused-ring (bicyclic) bond motifs is 1. The molecule has 1 heterocycles. The summed E-state index contributed by atoms with van der Waals surface area (Å²) in [5.41, 5.74) is 1.19. The van der Waals surface area contributed by atoms with E-state index >= 15 is 0 Å². The summed E-state index contributed by atoms with van der Waals surface area (Å²) in [7, 11) is -1.42. The number of anilines is 1. The van der Waals surface area contributed by atoms with Crippen LogP contribution >= 0.6 is 0 Å². The molecule has 0 radical (unpaired) electrons. The van der Waals surface area contributed by atoms with E-state index in [1.807, 2.05) is 37.3 Å². The Labute approximate surface area is 152 Å². The quantitative estimate of drug-likeness (QED) is 0.737. The molecule has 0 saturated heterocycles. The lowest BCUT2D eigenvalue weighted by atomic mass is 10.00. The second kappa shape index (κ2) is 7.05. The number of carboxylic acid groups (broad SMARTS) is 1. The molecule has 1 amide bonds. The van der Waals surface area contributed by atoms with Crippen LogP contribution in [0.25, 0.3) is 10.8 Å². The molecular weight excluding hydrogens is 352 g/mol. The van der Waals surface area contributed by atoms with E-state index in [-0.39, 0.29) is 16.4 Å². The first-order valence-corrected chi connectivity index (χ1v) is 9.31. The summed E-state index contributed by atoms with van der Waals surface area (Å²) in [6.07, 6.45) is 1.41. The van der Waals surface area contributed by atoms with Crippen molar-refractivity contribution in [1.29, 1.82) is 0 Å². The normalized spacial score (nSPS) is 11.9. The molecule has 3 rings (SSSR count). The molecule has 2 N–H and O–H groups in total. The number of hydrogen-bond donors (Lipinski definition) is 2. The lowest BCUT2D eigenvalue weighted by molar-refractivity contribution is 0.0691. The minimum atomic E-state index is -1.42. The molecule has 0 spiro atoms. The highest BCUT2D eigenvalue weighted by Gasteiger charge is 2.18. The number of hydrogen-bond acceptors (Lipinski definition) is 4. The number of carbonyl (C=O) groups is 2. The number of nitrogens with one attached hydrogen (secondary N) is 1. The molecule has 0 aliphatic rings. The van der Waals surface area contributed by atoms with Crippen LogP contribution in [-0.2, 0) is 10.8 Å². The lowest BCUT2D eigenvalue weighted by Gasteiger charge is -2.11. The van der Waals surface area contributed by atoms with E-state index < -0.39 is 22.7 Å². The monoisotopic (exact) mass is 368 g/mol. The molecule has 0 fully saturated rings. The number of aromatic carboxylic acids is 1. The summed E-state index contributed by atoms with van der Waals surface area (Å²) in [5, 5.41) is 13.8. The van der Waals surface area contributed by atoms with Gasteiger partial charge < -0.3 is 10.4 Å². The zero-order chi connectivity index (χ0) is 18.8. The predicted octanol–water partition coefficient (Wildman–Crippen LogP) is 3.23. The number of carbonyl (C=O) groups excluding carboxylic acids is 1. The van der Waals surface area contributed by atoms with Crippen LogP contribution < -0.4 is 5.32 Å². The molecule has 2 aromatic carbocycles. The molecule has 0 aliphatic carbocycles. The zero-order valence-electron chi connectivity index (χ0n) is 14.1. The Hall–Kier alpha value is -3.06. The Kier molecular flexibility index (Phi) is 4.81.